The molecule has 0 heterocycles. The summed E-state index contributed by atoms with van der Waals surface area (Å²) in [5.74, 6) is 0.240. The van der Waals surface area contributed by atoms with Crippen LogP contribution in [-0.2, 0) is 10.0 Å². The normalized spacial score (nSPS) is 15.4. The molecule has 0 spiro atoms. The van der Waals surface area contributed by atoms with E-state index in [1.165, 1.54) is 4.31 Å². The number of halogens is 1. The molecule has 0 radical (unpaired) electrons. The minimum absolute atomic E-state index is 0.0661. The van der Waals surface area contributed by atoms with Crippen LogP contribution in [0.5, 0.6) is 0 Å². The molecule has 0 fully saturated rings. The van der Waals surface area contributed by atoms with Gasteiger partial charge >= 0.3 is 0 Å². The number of hydrogen-bond donors (Lipinski definition) is 0. The molecular formula is C11H24BrNO2S. The predicted octanol–water partition coefficient (Wildman–Crippen LogP) is 2.86. The van der Waals surface area contributed by atoms with Gasteiger partial charge in [0.2, 0.25) is 10.0 Å². The van der Waals surface area contributed by atoms with E-state index in [0.29, 0.717) is 17.8 Å². The van der Waals surface area contributed by atoms with E-state index in [2.05, 4.69) is 36.7 Å². The largest absolute Gasteiger partial charge is 0.213 e. The third-order valence-corrected chi connectivity index (χ3v) is 4.74. The Morgan fingerprint density at radius 2 is 1.81 bits per heavy atom. The minimum atomic E-state index is -3.08. The van der Waals surface area contributed by atoms with Crippen LogP contribution in [0.15, 0.2) is 0 Å². The summed E-state index contributed by atoms with van der Waals surface area (Å²) in [6, 6.07) is 0. The van der Waals surface area contributed by atoms with E-state index >= 15 is 0 Å². The molecule has 0 aromatic heterocycles. The number of alkyl halides is 1. The molecule has 0 aliphatic carbocycles. The summed E-state index contributed by atoms with van der Waals surface area (Å²) in [4.78, 5) is 0.354. The third-order valence-electron chi connectivity index (χ3n) is 2.43. The average molecular weight is 314 g/mol. The van der Waals surface area contributed by atoms with Gasteiger partial charge in [0.1, 0.15) is 0 Å². The average Bonchev–Trinajstić information content (AvgIpc) is 2.10. The number of nitrogens with zero attached hydrogens (tertiary/aromatic N) is 1. The van der Waals surface area contributed by atoms with Crippen molar-refractivity contribution in [1.29, 1.82) is 0 Å². The summed E-state index contributed by atoms with van der Waals surface area (Å²) in [6.45, 7) is 8.78. The first-order valence-corrected chi connectivity index (χ1v) is 8.15. The Balaban J connectivity index is 4.22. The number of hydrogen-bond acceptors (Lipinski definition) is 2. The Morgan fingerprint density at radius 3 is 2.19 bits per heavy atom. The SMILES string of the molecule is CC(Br)CCN(C)S(=O)(=O)CCC(C)(C)C. The molecule has 0 N–H and O–H groups in total. The molecular weight excluding hydrogens is 290 g/mol. The first kappa shape index (κ1) is 16.4. The molecule has 1 atom stereocenters. The van der Waals surface area contributed by atoms with Gasteiger partial charge in [-0.1, -0.05) is 43.6 Å². The maximum absolute atomic E-state index is 11.9. The highest BCUT2D eigenvalue weighted by molar-refractivity contribution is 9.09. The Hall–Kier alpha value is 0.390. The van der Waals surface area contributed by atoms with Gasteiger partial charge in [-0.15, -0.1) is 0 Å². The van der Waals surface area contributed by atoms with Crippen LogP contribution in [0, 0.1) is 5.41 Å². The summed E-state index contributed by atoms with van der Waals surface area (Å²) in [5, 5.41) is 0. The molecule has 98 valence electrons. The molecule has 16 heavy (non-hydrogen) atoms. The molecule has 0 saturated heterocycles. The fourth-order valence-corrected chi connectivity index (χ4v) is 2.86. The van der Waals surface area contributed by atoms with Crippen molar-refractivity contribution in [2.24, 2.45) is 5.41 Å². The van der Waals surface area contributed by atoms with Gasteiger partial charge in [0.05, 0.1) is 5.75 Å². The van der Waals surface area contributed by atoms with Crippen LogP contribution in [0.2, 0.25) is 0 Å². The molecule has 0 aliphatic rings. The molecule has 0 aliphatic heterocycles. The molecule has 0 bridgehead atoms. The van der Waals surface area contributed by atoms with E-state index in [-0.39, 0.29) is 11.2 Å². The maximum Gasteiger partial charge on any atom is 0.213 e. The Morgan fingerprint density at radius 1 is 1.31 bits per heavy atom. The van der Waals surface area contributed by atoms with Crippen molar-refractivity contribution >= 4 is 26.0 Å². The zero-order valence-electron chi connectivity index (χ0n) is 11.0. The van der Waals surface area contributed by atoms with Gasteiger partial charge in [-0.05, 0) is 18.3 Å². The van der Waals surface area contributed by atoms with E-state index in [0.717, 1.165) is 6.42 Å². The minimum Gasteiger partial charge on any atom is -0.212 e. The van der Waals surface area contributed by atoms with Crippen LogP contribution in [0.1, 0.15) is 40.5 Å². The molecule has 1 unspecified atom stereocenters. The fourth-order valence-electron chi connectivity index (χ4n) is 1.09. The molecule has 3 nitrogen and oxygen atoms in total. The maximum atomic E-state index is 11.9. The zero-order valence-corrected chi connectivity index (χ0v) is 13.4. The van der Waals surface area contributed by atoms with Crippen molar-refractivity contribution in [3.05, 3.63) is 0 Å². The second-order valence-electron chi connectivity index (χ2n) is 5.52. The lowest BCUT2D eigenvalue weighted by Crippen LogP contribution is -2.32. The summed E-state index contributed by atoms with van der Waals surface area (Å²) in [5.41, 5.74) is 0.0661. The lowest BCUT2D eigenvalue weighted by atomic mass is 9.94. The smallest absolute Gasteiger partial charge is 0.212 e. The second kappa shape index (κ2) is 6.36. The summed E-state index contributed by atoms with van der Waals surface area (Å²) >= 11 is 3.42. The van der Waals surface area contributed by atoms with Gasteiger partial charge in [-0.2, -0.15) is 0 Å². The van der Waals surface area contributed by atoms with Crippen LogP contribution >= 0.6 is 15.9 Å². The first-order valence-electron chi connectivity index (χ1n) is 5.63. The third kappa shape index (κ3) is 7.63. The zero-order chi connectivity index (χ0) is 13.0. The molecule has 0 saturated carbocycles. The summed E-state index contributed by atoms with van der Waals surface area (Å²) < 4.78 is 25.3. The van der Waals surface area contributed by atoms with Gasteiger partial charge in [0.15, 0.2) is 0 Å². The number of sulfonamides is 1. The topological polar surface area (TPSA) is 37.4 Å². The predicted molar refractivity (Wildman–Crippen MR) is 73.5 cm³/mol. The van der Waals surface area contributed by atoms with Crippen LogP contribution in [0.4, 0.5) is 0 Å². The van der Waals surface area contributed by atoms with Gasteiger partial charge in [0, 0.05) is 18.4 Å². The Kier molecular flexibility index (Phi) is 6.51. The van der Waals surface area contributed by atoms with Crippen LogP contribution in [-0.4, -0.2) is 36.9 Å². The van der Waals surface area contributed by atoms with Crippen LogP contribution in [0.3, 0.4) is 0 Å². The molecule has 0 rings (SSSR count). The van der Waals surface area contributed by atoms with Crippen LogP contribution in [0.25, 0.3) is 0 Å². The monoisotopic (exact) mass is 313 g/mol. The van der Waals surface area contributed by atoms with E-state index in [1.54, 1.807) is 7.05 Å². The summed E-state index contributed by atoms with van der Waals surface area (Å²) in [6.07, 6.45) is 1.54. The Bertz CT molecular complexity index is 294. The molecule has 5 heteroatoms. The van der Waals surface area contributed by atoms with Crippen molar-refractivity contribution < 1.29 is 8.42 Å². The lowest BCUT2D eigenvalue weighted by molar-refractivity contribution is 0.388. The molecule has 0 aromatic rings. The molecule has 0 amide bonds. The van der Waals surface area contributed by atoms with Gasteiger partial charge in [-0.3, -0.25) is 0 Å². The highest BCUT2D eigenvalue weighted by atomic mass is 79.9. The van der Waals surface area contributed by atoms with Gasteiger partial charge < -0.3 is 0 Å². The van der Waals surface area contributed by atoms with Crippen molar-refractivity contribution in [3.8, 4) is 0 Å². The number of rotatable bonds is 6. The van der Waals surface area contributed by atoms with Crippen molar-refractivity contribution in [1.82, 2.24) is 4.31 Å². The van der Waals surface area contributed by atoms with E-state index in [4.69, 9.17) is 0 Å². The second-order valence-corrected chi connectivity index (χ2v) is 9.28. The fraction of sp³-hybridized carbons (Fsp3) is 1.00. The van der Waals surface area contributed by atoms with Crippen molar-refractivity contribution in [3.63, 3.8) is 0 Å². The van der Waals surface area contributed by atoms with Crippen molar-refractivity contribution in [2.45, 2.75) is 45.4 Å². The Labute approximate surface area is 109 Å². The van der Waals surface area contributed by atoms with Gasteiger partial charge in [-0.25, -0.2) is 12.7 Å². The summed E-state index contributed by atoms with van der Waals surface area (Å²) in [7, 11) is -1.42. The highest BCUT2D eigenvalue weighted by Gasteiger charge is 2.21. The van der Waals surface area contributed by atoms with Crippen LogP contribution < -0.4 is 0 Å². The standard InChI is InChI=1S/C11H24BrNO2S/c1-10(12)6-8-13(5)16(14,15)9-7-11(2,3)4/h10H,6-9H2,1-5H3. The van der Waals surface area contributed by atoms with Crippen molar-refractivity contribution in [2.75, 3.05) is 19.3 Å². The van der Waals surface area contributed by atoms with Gasteiger partial charge in [0.25, 0.3) is 0 Å². The van der Waals surface area contributed by atoms with E-state index < -0.39 is 10.0 Å². The van der Waals surface area contributed by atoms with E-state index in [9.17, 15) is 8.42 Å². The molecule has 0 aromatic carbocycles. The highest BCUT2D eigenvalue weighted by Crippen LogP contribution is 2.20. The van der Waals surface area contributed by atoms with E-state index in [1.807, 2.05) is 6.92 Å². The lowest BCUT2D eigenvalue weighted by Gasteiger charge is -2.22. The first-order chi connectivity index (χ1) is 7.04. The quantitative estimate of drug-likeness (QED) is 0.707.